The minimum atomic E-state index is -0.0857. The lowest BCUT2D eigenvalue weighted by atomic mass is 10.1. The summed E-state index contributed by atoms with van der Waals surface area (Å²) in [6.45, 7) is 5.07. The zero-order valence-corrected chi connectivity index (χ0v) is 16.5. The summed E-state index contributed by atoms with van der Waals surface area (Å²) in [5.41, 5.74) is 1.88. The molecule has 1 saturated heterocycles. The molecular weight excluding hydrogens is 358 g/mol. The molecule has 2 amide bonds. The van der Waals surface area contributed by atoms with Gasteiger partial charge in [-0.05, 0) is 30.5 Å². The molecular formula is C21H31N3O4. The van der Waals surface area contributed by atoms with Gasteiger partial charge in [-0.15, -0.1) is 0 Å². The Morgan fingerprint density at radius 2 is 1.71 bits per heavy atom. The Morgan fingerprint density at radius 1 is 1.00 bits per heavy atom. The van der Waals surface area contributed by atoms with Crippen molar-refractivity contribution in [3.63, 3.8) is 0 Å². The van der Waals surface area contributed by atoms with Gasteiger partial charge in [0.05, 0.1) is 19.8 Å². The molecule has 0 bridgehead atoms. The number of hydrogen-bond donors (Lipinski definition) is 2. The highest BCUT2D eigenvalue weighted by molar-refractivity contribution is 5.94. The van der Waals surface area contributed by atoms with Crippen LogP contribution < -0.4 is 10.6 Å². The summed E-state index contributed by atoms with van der Waals surface area (Å²) >= 11 is 0. The minimum absolute atomic E-state index is 0.0498. The number of carbonyl (C=O) groups is 3. The number of morpholine rings is 1. The van der Waals surface area contributed by atoms with Crippen molar-refractivity contribution in [3.8, 4) is 0 Å². The fourth-order valence-electron chi connectivity index (χ4n) is 3.09. The third-order valence-corrected chi connectivity index (χ3v) is 4.72. The highest BCUT2D eigenvalue weighted by Gasteiger charge is 2.11. The molecule has 0 unspecified atom stereocenters. The fraction of sp³-hybridized carbons (Fsp3) is 0.571. The maximum atomic E-state index is 12.2. The van der Waals surface area contributed by atoms with Gasteiger partial charge in [-0.2, -0.15) is 0 Å². The molecule has 7 nitrogen and oxygen atoms in total. The van der Waals surface area contributed by atoms with Crippen LogP contribution in [-0.2, 0) is 20.9 Å². The topological polar surface area (TPSA) is 87.7 Å². The zero-order valence-electron chi connectivity index (χ0n) is 16.5. The summed E-state index contributed by atoms with van der Waals surface area (Å²) in [6.07, 6.45) is 4.69. The summed E-state index contributed by atoms with van der Waals surface area (Å²) < 4.78 is 5.36. The molecule has 1 heterocycles. The molecule has 1 aliphatic rings. The number of carbonyl (C=O) groups excluding carboxylic acids is 3. The van der Waals surface area contributed by atoms with Crippen molar-refractivity contribution in [1.29, 1.82) is 0 Å². The Hall–Kier alpha value is -2.25. The molecule has 7 heteroatoms. The number of nitrogens with one attached hydrogen (secondary N) is 2. The first kappa shape index (κ1) is 22.0. The van der Waals surface area contributed by atoms with Gasteiger partial charge in [0.25, 0.3) is 5.91 Å². The van der Waals surface area contributed by atoms with Crippen molar-refractivity contribution in [1.82, 2.24) is 15.5 Å². The van der Waals surface area contributed by atoms with E-state index in [0.717, 1.165) is 58.5 Å². The van der Waals surface area contributed by atoms with Crippen LogP contribution >= 0.6 is 0 Å². The number of hydrogen-bond acceptors (Lipinski definition) is 5. The van der Waals surface area contributed by atoms with Crippen LogP contribution in [0.1, 0.15) is 48.0 Å². The average Bonchev–Trinajstić information content (AvgIpc) is 2.72. The number of unbranched alkanes of at least 4 members (excludes halogenated alkanes) is 3. The second-order valence-corrected chi connectivity index (χ2v) is 6.98. The van der Waals surface area contributed by atoms with E-state index in [-0.39, 0.29) is 18.4 Å². The van der Waals surface area contributed by atoms with Crippen LogP contribution in [-0.4, -0.2) is 62.4 Å². The fourth-order valence-corrected chi connectivity index (χ4v) is 3.09. The Morgan fingerprint density at radius 3 is 2.43 bits per heavy atom. The van der Waals surface area contributed by atoms with E-state index >= 15 is 0 Å². The average molecular weight is 389 g/mol. The molecule has 0 spiro atoms. The highest BCUT2D eigenvalue weighted by Crippen LogP contribution is 2.09. The van der Waals surface area contributed by atoms with E-state index in [9.17, 15) is 14.4 Å². The monoisotopic (exact) mass is 389 g/mol. The van der Waals surface area contributed by atoms with Crippen LogP contribution in [0.3, 0.4) is 0 Å². The first-order chi connectivity index (χ1) is 13.7. The Bertz CT molecular complexity index is 613. The van der Waals surface area contributed by atoms with Crippen molar-refractivity contribution < 1.29 is 19.1 Å². The Kier molecular flexibility index (Phi) is 10.2. The molecule has 154 valence electrons. The van der Waals surface area contributed by atoms with Crippen LogP contribution in [0, 0.1) is 0 Å². The van der Waals surface area contributed by atoms with Crippen molar-refractivity contribution in [2.24, 2.45) is 0 Å². The normalized spacial score (nSPS) is 14.4. The largest absolute Gasteiger partial charge is 0.379 e. The standard InChI is InChI=1S/C21H31N3O4/c25-14-11-22-20(26)5-3-1-2-4-10-23-21(27)19-8-6-18(7-9-19)17-24-12-15-28-16-13-24/h6-9,14H,1-5,10-13,15-17H2,(H,22,26)(H,23,27). The molecule has 0 atom stereocenters. The maximum absolute atomic E-state index is 12.2. The lowest BCUT2D eigenvalue weighted by Crippen LogP contribution is -2.35. The van der Waals surface area contributed by atoms with Gasteiger partial charge in [0.2, 0.25) is 5.91 Å². The first-order valence-electron chi connectivity index (χ1n) is 10.1. The predicted molar refractivity (Wildman–Crippen MR) is 107 cm³/mol. The predicted octanol–water partition coefficient (Wildman–Crippen LogP) is 1.51. The van der Waals surface area contributed by atoms with E-state index in [2.05, 4.69) is 15.5 Å². The molecule has 28 heavy (non-hydrogen) atoms. The van der Waals surface area contributed by atoms with Crippen LogP contribution in [0.4, 0.5) is 0 Å². The Labute approximate surface area is 166 Å². The maximum Gasteiger partial charge on any atom is 0.251 e. The summed E-state index contributed by atoms with van der Waals surface area (Å²) in [7, 11) is 0. The number of benzene rings is 1. The van der Waals surface area contributed by atoms with Crippen LogP contribution in [0.5, 0.6) is 0 Å². The van der Waals surface area contributed by atoms with Crippen LogP contribution in [0.25, 0.3) is 0 Å². The van der Waals surface area contributed by atoms with E-state index in [1.54, 1.807) is 0 Å². The first-order valence-corrected chi connectivity index (χ1v) is 10.1. The number of nitrogens with zero attached hydrogens (tertiary/aromatic N) is 1. The summed E-state index contributed by atoms with van der Waals surface area (Å²) in [6, 6.07) is 7.78. The highest BCUT2D eigenvalue weighted by atomic mass is 16.5. The molecule has 0 radical (unpaired) electrons. The molecule has 1 aliphatic heterocycles. The van der Waals surface area contributed by atoms with Gasteiger partial charge < -0.3 is 20.2 Å². The second-order valence-electron chi connectivity index (χ2n) is 6.98. The van der Waals surface area contributed by atoms with Crippen LogP contribution in [0.2, 0.25) is 0 Å². The smallest absolute Gasteiger partial charge is 0.251 e. The van der Waals surface area contributed by atoms with Crippen molar-refractivity contribution in [2.45, 2.75) is 38.6 Å². The summed E-state index contributed by atoms with van der Waals surface area (Å²) in [5.74, 6) is -0.136. The van der Waals surface area contributed by atoms with E-state index in [0.29, 0.717) is 24.8 Å². The molecule has 1 aromatic rings. The van der Waals surface area contributed by atoms with Crippen molar-refractivity contribution in [2.75, 3.05) is 39.4 Å². The van der Waals surface area contributed by atoms with Crippen molar-refractivity contribution in [3.05, 3.63) is 35.4 Å². The molecule has 1 fully saturated rings. The number of rotatable bonds is 12. The van der Waals surface area contributed by atoms with Gasteiger partial charge in [-0.3, -0.25) is 14.5 Å². The number of aldehydes is 1. The molecule has 0 aliphatic carbocycles. The van der Waals surface area contributed by atoms with Crippen LogP contribution in [0.15, 0.2) is 24.3 Å². The van der Waals surface area contributed by atoms with Gasteiger partial charge in [0, 0.05) is 38.2 Å². The summed E-state index contributed by atoms with van der Waals surface area (Å²) in [4.78, 5) is 36.1. The molecule has 1 aromatic carbocycles. The molecule has 2 rings (SSSR count). The number of ether oxygens (including phenoxy) is 1. The third-order valence-electron chi connectivity index (χ3n) is 4.72. The lowest BCUT2D eigenvalue weighted by Gasteiger charge is -2.26. The van der Waals surface area contributed by atoms with Gasteiger partial charge in [-0.25, -0.2) is 0 Å². The van der Waals surface area contributed by atoms with E-state index in [4.69, 9.17) is 4.74 Å². The van der Waals surface area contributed by atoms with Gasteiger partial charge in [0.15, 0.2) is 0 Å². The van der Waals surface area contributed by atoms with E-state index in [1.807, 2.05) is 24.3 Å². The minimum Gasteiger partial charge on any atom is -0.379 e. The molecule has 0 saturated carbocycles. The van der Waals surface area contributed by atoms with Gasteiger partial charge in [0.1, 0.15) is 6.29 Å². The van der Waals surface area contributed by atoms with Crippen molar-refractivity contribution >= 4 is 18.1 Å². The quantitative estimate of drug-likeness (QED) is 0.418. The van der Waals surface area contributed by atoms with Gasteiger partial charge in [-0.1, -0.05) is 25.0 Å². The van der Waals surface area contributed by atoms with Gasteiger partial charge >= 0.3 is 0 Å². The molecule has 0 aromatic heterocycles. The molecule has 2 N–H and O–H groups in total. The number of amides is 2. The Balaban J connectivity index is 1.56. The third kappa shape index (κ3) is 8.63. The second kappa shape index (κ2) is 13.0. The zero-order chi connectivity index (χ0) is 20.0. The summed E-state index contributed by atoms with van der Waals surface area (Å²) in [5, 5.41) is 5.47. The van der Waals surface area contributed by atoms with E-state index < -0.39 is 0 Å². The SMILES string of the molecule is O=CCNC(=O)CCCCCCNC(=O)c1ccc(CN2CCOCC2)cc1. The van der Waals surface area contributed by atoms with E-state index in [1.165, 1.54) is 5.56 Å². The lowest BCUT2D eigenvalue weighted by molar-refractivity contribution is -0.122.